The lowest BCUT2D eigenvalue weighted by molar-refractivity contribution is 0.683. The first-order valence-corrected chi connectivity index (χ1v) is 8.66. The van der Waals surface area contributed by atoms with Crippen LogP contribution in [0.1, 0.15) is 18.7 Å². The van der Waals surface area contributed by atoms with Gasteiger partial charge in [0.15, 0.2) is 0 Å². The molecule has 5 nitrogen and oxygen atoms in total. The second-order valence-corrected chi connectivity index (χ2v) is 7.10. The lowest BCUT2D eigenvalue weighted by Gasteiger charge is -2.13. The van der Waals surface area contributed by atoms with Crippen molar-refractivity contribution < 1.29 is 4.21 Å². The summed E-state index contributed by atoms with van der Waals surface area (Å²) in [4.78, 5) is 10.7. The summed E-state index contributed by atoms with van der Waals surface area (Å²) >= 11 is 1.64. The van der Waals surface area contributed by atoms with Crippen molar-refractivity contribution in [1.82, 2.24) is 9.97 Å². The molecule has 0 radical (unpaired) electrons. The van der Waals surface area contributed by atoms with Crippen molar-refractivity contribution in [3.8, 4) is 0 Å². The van der Waals surface area contributed by atoms with E-state index in [4.69, 9.17) is 5.73 Å². The summed E-state index contributed by atoms with van der Waals surface area (Å²) in [6.07, 6.45) is 2.66. The quantitative estimate of drug-likeness (QED) is 0.882. The van der Waals surface area contributed by atoms with E-state index >= 15 is 0 Å². The molecule has 2 heterocycles. The van der Waals surface area contributed by atoms with Crippen molar-refractivity contribution in [3.63, 3.8) is 0 Å². The number of hydrogen-bond donors (Lipinski definition) is 2. The highest BCUT2D eigenvalue weighted by molar-refractivity contribution is 7.84. The molecule has 0 amide bonds. The molecule has 2 rings (SSSR count). The van der Waals surface area contributed by atoms with Crippen molar-refractivity contribution in [2.75, 3.05) is 23.1 Å². The zero-order chi connectivity index (χ0) is 14.0. The van der Waals surface area contributed by atoms with Crippen LogP contribution < -0.4 is 11.1 Å². The van der Waals surface area contributed by atoms with Gasteiger partial charge in [0, 0.05) is 33.7 Å². The van der Waals surface area contributed by atoms with Crippen molar-refractivity contribution in [2.45, 2.75) is 26.3 Å². The van der Waals surface area contributed by atoms with Gasteiger partial charge in [-0.1, -0.05) is 6.92 Å². The molecule has 0 saturated heterocycles. The molecule has 0 fully saturated rings. The molecule has 2 atom stereocenters. The van der Waals surface area contributed by atoms with Crippen LogP contribution in [0.3, 0.4) is 0 Å². The number of aryl methyl sites for hydroxylation is 1. The third-order valence-corrected chi connectivity index (χ3v) is 4.82. The fraction of sp³-hybridized carbons (Fsp3) is 0.500. The summed E-state index contributed by atoms with van der Waals surface area (Å²) in [7, 11) is -0.839. The maximum atomic E-state index is 11.2. The molecule has 2 unspecified atom stereocenters. The predicted octanol–water partition coefficient (Wildman–Crippen LogP) is 2.01. The molecule has 0 aliphatic rings. The Hall–Kier alpha value is -1.21. The van der Waals surface area contributed by atoms with Crippen LogP contribution in [-0.2, 0) is 17.2 Å². The van der Waals surface area contributed by atoms with Gasteiger partial charge in [-0.15, -0.1) is 11.3 Å². The normalized spacial score (nSPS) is 14.5. The minimum Gasteiger partial charge on any atom is -0.368 e. The van der Waals surface area contributed by atoms with Crippen LogP contribution in [0.4, 0.5) is 11.8 Å². The van der Waals surface area contributed by atoms with Gasteiger partial charge in [0.1, 0.15) is 10.6 Å². The van der Waals surface area contributed by atoms with Crippen LogP contribution in [0, 0.1) is 0 Å². The van der Waals surface area contributed by atoms with Crippen LogP contribution in [-0.4, -0.2) is 32.2 Å². The molecule has 104 valence electrons. The molecule has 19 heavy (non-hydrogen) atoms. The molecule has 0 aromatic carbocycles. The van der Waals surface area contributed by atoms with Gasteiger partial charge < -0.3 is 11.1 Å². The monoisotopic (exact) mass is 298 g/mol. The molecule has 7 heteroatoms. The molecule has 0 spiro atoms. The number of nitrogens with one attached hydrogen (secondary N) is 1. The molecule has 0 saturated carbocycles. The van der Waals surface area contributed by atoms with E-state index in [0.29, 0.717) is 5.75 Å². The number of thiophene rings is 1. The maximum absolute atomic E-state index is 11.2. The Morgan fingerprint density at radius 1 is 1.53 bits per heavy atom. The third-order valence-electron chi connectivity index (χ3n) is 2.68. The van der Waals surface area contributed by atoms with Gasteiger partial charge in [-0.05, 0) is 19.4 Å². The van der Waals surface area contributed by atoms with Crippen LogP contribution in [0.5, 0.6) is 0 Å². The van der Waals surface area contributed by atoms with Crippen LogP contribution in [0.2, 0.25) is 0 Å². The average Bonchev–Trinajstić information content (AvgIpc) is 2.70. The lowest BCUT2D eigenvalue weighted by atomic mass is 10.3. The fourth-order valence-corrected chi connectivity index (χ4v) is 3.66. The van der Waals surface area contributed by atoms with E-state index in [1.54, 1.807) is 17.6 Å². The molecule has 0 bridgehead atoms. The Morgan fingerprint density at radius 3 is 2.89 bits per heavy atom. The Balaban J connectivity index is 2.35. The first kappa shape index (κ1) is 14.2. The number of nitrogen functional groups attached to an aromatic ring is 1. The van der Waals surface area contributed by atoms with Gasteiger partial charge in [-0.3, -0.25) is 4.21 Å². The minimum absolute atomic E-state index is 0.0771. The molecular weight excluding hydrogens is 280 g/mol. The number of anilines is 2. The van der Waals surface area contributed by atoms with Crippen molar-refractivity contribution >= 4 is 44.1 Å². The topological polar surface area (TPSA) is 80.9 Å². The number of nitrogens with two attached hydrogens (primary N) is 1. The Bertz CT molecular complexity index is 611. The van der Waals surface area contributed by atoms with Crippen LogP contribution in [0.15, 0.2) is 6.07 Å². The van der Waals surface area contributed by atoms with E-state index in [9.17, 15) is 4.21 Å². The minimum atomic E-state index is -0.839. The van der Waals surface area contributed by atoms with E-state index in [-0.39, 0.29) is 12.0 Å². The molecule has 0 aliphatic heterocycles. The average molecular weight is 298 g/mol. The predicted molar refractivity (Wildman–Crippen MR) is 83.2 cm³/mol. The number of rotatable bonds is 5. The maximum Gasteiger partial charge on any atom is 0.223 e. The molecule has 3 N–H and O–H groups in total. The van der Waals surface area contributed by atoms with Gasteiger partial charge in [-0.25, -0.2) is 4.98 Å². The summed E-state index contributed by atoms with van der Waals surface area (Å²) in [6.45, 7) is 4.09. The summed E-state index contributed by atoms with van der Waals surface area (Å²) in [5.74, 6) is 1.58. The SMILES string of the molecule is CCc1cc2c(NC(C)CS(C)=O)nc(N)nc2s1. The Morgan fingerprint density at radius 2 is 2.26 bits per heavy atom. The van der Waals surface area contributed by atoms with Gasteiger partial charge in [-0.2, -0.15) is 4.98 Å². The number of fused-ring (bicyclic) bond motifs is 1. The largest absolute Gasteiger partial charge is 0.368 e. The standard InChI is InChI=1S/C12H18N4OS2/c1-4-8-5-9-10(14-7(2)6-19(3)17)15-12(13)16-11(9)18-8/h5,7H,4,6H2,1-3H3,(H3,13,14,15,16). The molecular formula is C12H18N4OS2. The van der Waals surface area contributed by atoms with Gasteiger partial charge >= 0.3 is 0 Å². The van der Waals surface area contributed by atoms with E-state index in [1.807, 2.05) is 6.92 Å². The molecule has 2 aromatic rings. The van der Waals surface area contributed by atoms with Gasteiger partial charge in [0.25, 0.3) is 0 Å². The molecule has 2 aromatic heterocycles. The van der Waals surface area contributed by atoms with E-state index < -0.39 is 10.8 Å². The third kappa shape index (κ3) is 3.42. The summed E-state index contributed by atoms with van der Waals surface area (Å²) < 4.78 is 11.2. The Kier molecular flexibility index (Phi) is 4.36. The van der Waals surface area contributed by atoms with Crippen LogP contribution >= 0.6 is 11.3 Å². The summed E-state index contributed by atoms with van der Waals surface area (Å²) in [5.41, 5.74) is 5.74. The second kappa shape index (κ2) is 5.83. The second-order valence-electron chi connectivity index (χ2n) is 4.50. The first-order chi connectivity index (χ1) is 8.99. The zero-order valence-corrected chi connectivity index (χ0v) is 12.9. The highest BCUT2D eigenvalue weighted by Crippen LogP contribution is 2.30. The lowest BCUT2D eigenvalue weighted by Crippen LogP contribution is -2.23. The van der Waals surface area contributed by atoms with Crippen molar-refractivity contribution in [2.24, 2.45) is 0 Å². The fourth-order valence-electron chi connectivity index (χ4n) is 1.90. The summed E-state index contributed by atoms with van der Waals surface area (Å²) in [6, 6.07) is 2.17. The highest BCUT2D eigenvalue weighted by Gasteiger charge is 2.12. The van der Waals surface area contributed by atoms with E-state index in [1.165, 1.54) is 4.88 Å². The molecule has 0 aliphatic carbocycles. The summed E-state index contributed by atoms with van der Waals surface area (Å²) in [5, 5.41) is 4.27. The van der Waals surface area contributed by atoms with Gasteiger partial charge in [0.05, 0.1) is 5.39 Å². The number of hydrogen-bond acceptors (Lipinski definition) is 6. The van der Waals surface area contributed by atoms with Crippen molar-refractivity contribution in [3.05, 3.63) is 10.9 Å². The number of aromatic nitrogens is 2. The highest BCUT2D eigenvalue weighted by atomic mass is 32.2. The Labute approximate surface area is 119 Å². The van der Waals surface area contributed by atoms with E-state index in [0.717, 1.165) is 22.5 Å². The van der Waals surface area contributed by atoms with Crippen LogP contribution in [0.25, 0.3) is 10.2 Å². The van der Waals surface area contributed by atoms with E-state index in [2.05, 4.69) is 28.3 Å². The number of nitrogens with zero attached hydrogens (tertiary/aromatic N) is 2. The smallest absolute Gasteiger partial charge is 0.223 e. The zero-order valence-electron chi connectivity index (χ0n) is 11.3. The van der Waals surface area contributed by atoms with Gasteiger partial charge in [0.2, 0.25) is 5.95 Å². The van der Waals surface area contributed by atoms with Crippen molar-refractivity contribution in [1.29, 1.82) is 0 Å². The first-order valence-electron chi connectivity index (χ1n) is 6.12.